The maximum Gasteiger partial charge on any atom is 0.187 e. The summed E-state index contributed by atoms with van der Waals surface area (Å²) in [5, 5.41) is 13.2. The van der Waals surface area contributed by atoms with E-state index in [1.54, 1.807) is 27.0 Å². The quantitative estimate of drug-likeness (QED) is 0.567. The lowest BCUT2D eigenvalue weighted by Crippen LogP contribution is -2.23. The second kappa shape index (κ2) is 6.88. The number of benzene rings is 2. The zero-order valence-corrected chi connectivity index (χ0v) is 14.8. The number of ketones is 1. The van der Waals surface area contributed by atoms with E-state index >= 15 is 0 Å². The number of fused-ring (bicyclic) bond motifs is 1. The van der Waals surface area contributed by atoms with Crippen LogP contribution in [-0.4, -0.2) is 23.8 Å². The highest BCUT2D eigenvalue weighted by atomic mass is 16.5. The summed E-state index contributed by atoms with van der Waals surface area (Å²) >= 11 is 0. The van der Waals surface area contributed by atoms with Crippen LogP contribution in [0.15, 0.2) is 42.5 Å². The van der Waals surface area contributed by atoms with Crippen molar-refractivity contribution in [3.8, 4) is 5.75 Å². The van der Waals surface area contributed by atoms with Crippen LogP contribution in [0.5, 0.6) is 5.75 Å². The van der Waals surface area contributed by atoms with Gasteiger partial charge in [0, 0.05) is 11.3 Å². The molecule has 0 spiro atoms. The summed E-state index contributed by atoms with van der Waals surface area (Å²) in [7, 11) is 1.63. The summed E-state index contributed by atoms with van der Waals surface area (Å²) in [4.78, 5) is 26.3. The molecule has 1 heterocycles. The molecule has 3 aromatic rings. The minimum atomic E-state index is -1.32. The third-order valence-electron chi connectivity index (χ3n) is 4.39. The second-order valence-corrected chi connectivity index (χ2v) is 6.08. The van der Waals surface area contributed by atoms with Crippen LogP contribution in [0.1, 0.15) is 37.7 Å². The Hall–Kier alpha value is -3.34. The van der Waals surface area contributed by atoms with Gasteiger partial charge >= 0.3 is 0 Å². The molecule has 3 rings (SSSR count). The number of aromatic nitrogens is 1. The first-order valence-electron chi connectivity index (χ1n) is 8.11. The number of aromatic carboxylic acids is 1. The highest BCUT2D eigenvalue weighted by Crippen LogP contribution is 2.23. The minimum absolute atomic E-state index is 0.0566. The SMILES string of the molecule is COc1ccc2cc(/C=C/C(=O)c3c(C)[nH]c(C(=O)[O-])c3C)ccc2c1. The molecule has 0 radical (unpaired) electrons. The number of carboxylic acid groups (broad SMARTS) is 1. The van der Waals surface area contributed by atoms with Gasteiger partial charge in [-0.15, -0.1) is 0 Å². The standard InChI is InChI=1S/C21H19NO4/c1-12-19(13(2)22-20(12)21(24)25)18(23)9-5-14-4-6-16-11-17(26-3)8-7-15(16)10-14/h4-11,22H,1-3H3,(H,24,25)/p-1/b9-5+. The molecule has 2 aromatic carbocycles. The third-order valence-corrected chi connectivity index (χ3v) is 4.39. The number of carbonyl (C=O) groups excluding carboxylic acids is 2. The van der Waals surface area contributed by atoms with Crippen molar-refractivity contribution in [1.29, 1.82) is 0 Å². The van der Waals surface area contributed by atoms with Gasteiger partial charge in [-0.3, -0.25) is 4.79 Å². The number of aromatic amines is 1. The van der Waals surface area contributed by atoms with E-state index in [9.17, 15) is 14.7 Å². The molecule has 0 aliphatic carbocycles. The first kappa shape index (κ1) is 17.5. The Labute approximate surface area is 150 Å². The van der Waals surface area contributed by atoms with Crippen LogP contribution in [0.4, 0.5) is 0 Å². The molecule has 0 amide bonds. The third kappa shape index (κ3) is 3.24. The lowest BCUT2D eigenvalue weighted by Gasteiger charge is -2.03. The summed E-state index contributed by atoms with van der Waals surface area (Å²) < 4.78 is 5.21. The summed E-state index contributed by atoms with van der Waals surface area (Å²) in [6.45, 7) is 3.27. The molecule has 0 saturated carbocycles. The highest BCUT2D eigenvalue weighted by molar-refractivity contribution is 6.10. The Balaban J connectivity index is 1.89. The number of hydrogen-bond acceptors (Lipinski definition) is 4. The van der Waals surface area contributed by atoms with E-state index in [4.69, 9.17) is 4.74 Å². The number of hydrogen-bond donors (Lipinski definition) is 1. The lowest BCUT2D eigenvalue weighted by molar-refractivity contribution is -0.255. The van der Waals surface area contributed by atoms with Crippen molar-refractivity contribution in [3.63, 3.8) is 0 Å². The second-order valence-electron chi connectivity index (χ2n) is 6.08. The number of nitrogens with one attached hydrogen (secondary N) is 1. The van der Waals surface area contributed by atoms with Crippen LogP contribution < -0.4 is 9.84 Å². The Morgan fingerprint density at radius 2 is 1.77 bits per heavy atom. The molecule has 0 bridgehead atoms. The highest BCUT2D eigenvalue weighted by Gasteiger charge is 2.16. The summed E-state index contributed by atoms with van der Waals surface area (Å²) in [5.41, 5.74) is 2.09. The summed E-state index contributed by atoms with van der Waals surface area (Å²) in [6.07, 6.45) is 3.17. The van der Waals surface area contributed by atoms with E-state index in [1.165, 1.54) is 6.08 Å². The molecule has 0 aliphatic heterocycles. The first-order valence-corrected chi connectivity index (χ1v) is 8.11. The number of aryl methyl sites for hydroxylation is 1. The molecule has 0 fully saturated rings. The maximum absolute atomic E-state index is 12.5. The van der Waals surface area contributed by atoms with Gasteiger partial charge in [-0.25, -0.2) is 0 Å². The van der Waals surface area contributed by atoms with E-state index < -0.39 is 5.97 Å². The van der Waals surface area contributed by atoms with Gasteiger partial charge < -0.3 is 19.6 Å². The maximum atomic E-state index is 12.5. The molecule has 5 heteroatoms. The molecular formula is C21H18NO4-. The van der Waals surface area contributed by atoms with Crippen LogP contribution in [0.3, 0.4) is 0 Å². The number of methoxy groups -OCH3 is 1. The van der Waals surface area contributed by atoms with Gasteiger partial charge in [-0.1, -0.05) is 24.3 Å². The average molecular weight is 348 g/mol. The predicted molar refractivity (Wildman–Crippen MR) is 98.5 cm³/mol. The fourth-order valence-corrected chi connectivity index (χ4v) is 3.05. The van der Waals surface area contributed by atoms with Gasteiger partial charge in [0.05, 0.1) is 18.8 Å². The molecule has 1 aromatic heterocycles. The largest absolute Gasteiger partial charge is 0.543 e. The Kier molecular flexibility index (Phi) is 4.63. The molecule has 0 aliphatic rings. The first-order chi connectivity index (χ1) is 12.4. The van der Waals surface area contributed by atoms with E-state index in [-0.39, 0.29) is 11.5 Å². The van der Waals surface area contributed by atoms with Gasteiger partial charge in [0.1, 0.15) is 5.75 Å². The van der Waals surface area contributed by atoms with Gasteiger partial charge in [-0.05, 0) is 60.0 Å². The summed E-state index contributed by atoms with van der Waals surface area (Å²) in [5.74, 6) is -0.782. The number of carbonyl (C=O) groups is 2. The van der Waals surface area contributed by atoms with Crippen LogP contribution in [-0.2, 0) is 0 Å². The van der Waals surface area contributed by atoms with E-state index in [0.717, 1.165) is 22.1 Å². The van der Waals surface area contributed by atoms with Crippen molar-refractivity contribution in [2.45, 2.75) is 13.8 Å². The fourth-order valence-electron chi connectivity index (χ4n) is 3.05. The normalized spacial score (nSPS) is 11.2. The Morgan fingerprint density at radius 3 is 2.42 bits per heavy atom. The minimum Gasteiger partial charge on any atom is -0.543 e. The van der Waals surface area contributed by atoms with Crippen LogP contribution in [0.25, 0.3) is 16.8 Å². The number of H-pyrrole nitrogens is 1. The van der Waals surface area contributed by atoms with Crippen molar-refractivity contribution in [3.05, 3.63) is 70.6 Å². The van der Waals surface area contributed by atoms with Crippen molar-refractivity contribution in [1.82, 2.24) is 4.98 Å². The van der Waals surface area contributed by atoms with Crippen molar-refractivity contribution in [2.75, 3.05) is 7.11 Å². The lowest BCUT2D eigenvalue weighted by atomic mass is 10.0. The monoisotopic (exact) mass is 348 g/mol. The topological polar surface area (TPSA) is 82.2 Å². The zero-order valence-electron chi connectivity index (χ0n) is 14.8. The van der Waals surface area contributed by atoms with Crippen molar-refractivity contribution >= 4 is 28.6 Å². The molecule has 1 N–H and O–H groups in total. The molecule has 132 valence electrons. The zero-order chi connectivity index (χ0) is 18.8. The van der Waals surface area contributed by atoms with Gasteiger partial charge in [0.15, 0.2) is 5.78 Å². The van der Waals surface area contributed by atoms with Gasteiger partial charge in [-0.2, -0.15) is 0 Å². The van der Waals surface area contributed by atoms with E-state index in [0.29, 0.717) is 16.8 Å². The predicted octanol–water partition coefficient (Wildman–Crippen LogP) is 3.05. The van der Waals surface area contributed by atoms with Crippen molar-refractivity contribution in [2.24, 2.45) is 0 Å². The molecule has 5 nitrogen and oxygen atoms in total. The molecule has 0 atom stereocenters. The Bertz CT molecular complexity index is 1040. The number of rotatable bonds is 5. The number of ether oxygens (including phenoxy) is 1. The van der Waals surface area contributed by atoms with Crippen LogP contribution in [0.2, 0.25) is 0 Å². The average Bonchev–Trinajstić information content (AvgIpc) is 2.93. The van der Waals surface area contributed by atoms with Gasteiger partial charge in [0.25, 0.3) is 0 Å². The van der Waals surface area contributed by atoms with Crippen molar-refractivity contribution < 1.29 is 19.4 Å². The Morgan fingerprint density at radius 1 is 1.08 bits per heavy atom. The van der Waals surface area contributed by atoms with Crippen LogP contribution in [0, 0.1) is 13.8 Å². The molecule has 0 saturated heterocycles. The fraction of sp³-hybridized carbons (Fsp3) is 0.143. The smallest absolute Gasteiger partial charge is 0.187 e. The van der Waals surface area contributed by atoms with E-state index in [2.05, 4.69) is 4.98 Å². The van der Waals surface area contributed by atoms with Crippen LogP contribution >= 0.6 is 0 Å². The summed E-state index contributed by atoms with van der Waals surface area (Å²) in [6, 6.07) is 11.6. The molecular weight excluding hydrogens is 330 g/mol. The molecule has 0 unspecified atom stereocenters. The van der Waals surface area contributed by atoms with E-state index in [1.807, 2.05) is 36.4 Å². The number of carboxylic acids is 1. The van der Waals surface area contributed by atoms with Gasteiger partial charge in [0.2, 0.25) is 0 Å². The number of allylic oxidation sites excluding steroid dienone is 1. The molecule has 26 heavy (non-hydrogen) atoms.